The molecule has 166 valence electrons. The highest BCUT2D eigenvalue weighted by atomic mass is 16.4. The fourth-order valence-electron chi connectivity index (χ4n) is 7.99. The maximum Gasteiger partial charge on any atom is 0.303 e. The number of carbonyl (C=O) groups excluding carboxylic acids is 1. The fourth-order valence-corrected chi connectivity index (χ4v) is 7.99. The van der Waals surface area contributed by atoms with Gasteiger partial charge in [0.1, 0.15) is 5.78 Å². The summed E-state index contributed by atoms with van der Waals surface area (Å²) in [5.74, 6) is 3.74. The number of carbonyl (C=O) groups is 2. The van der Waals surface area contributed by atoms with Crippen LogP contribution >= 0.6 is 0 Å². The predicted octanol–water partition coefficient (Wildman–Crippen LogP) is 6.74. The standard InChI is InChI=1S/C26H44O3/c1-17(2)7-6-8-18(3)20-10-11-21-19-9-12-23(27)26(5,16-14-24(28)29)22(19)13-15-25(20,21)4/h17-22H,6-16H2,1-5H3,(H,28,29)/t18-,19?,20?,21?,22?,25-,26-/m1/s1. The van der Waals surface area contributed by atoms with Gasteiger partial charge in [0.05, 0.1) is 0 Å². The van der Waals surface area contributed by atoms with Crippen LogP contribution in [0.3, 0.4) is 0 Å². The lowest BCUT2D eigenvalue weighted by Gasteiger charge is -2.56. The van der Waals surface area contributed by atoms with Gasteiger partial charge in [0.2, 0.25) is 0 Å². The molecule has 1 N–H and O–H groups in total. The van der Waals surface area contributed by atoms with E-state index in [0.717, 1.165) is 36.5 Å². The largest absolute Gasteiger partial charge is 0.481 e. The highest BCUT2D eigenvalue weighted by Gasteiger charge is 2.59. The van der Waals surface area contributed by atoms with Crippen LogP contribution in [0.15, 0.2) is 0 Å². The van der Waals surface area contributed by atoms with Crippen LogP contribution in [-0.4, -0.2) is 16.9 Å². The Hall–Kier alpha value is -0.860. The molecule has 0 aliphatic heterocycles. The lowest BCUT2D eigenvalue weighted by atomic mass is 9.48. The molecule has 3 aliphatic rings. The maximum atomic E-state index is 12.9. The molecule has 3 rings (SSSR count). The van der Waals surface area contributed by atoms with E-state index < -0.39 is 11.4 Å². The van der Waals surface area contributed by atoms with E-state index in [0.29, 0.717) is 35.9 Å². The second-order valence-electron chi connectivity index (χ2n) is 11.7. The molecule has 0 aromatic rings. The molecule has 0 heterocycles. The Morgan fingerprint density at radius 2 is 1.79 bits per heavy atom. The van der Waals surface area contributed by atoms with Crippen molar-refractivity contribution in [2.75, 3.05) is 0 Å². The SMILES string of the molecule is CC(C)CCC[C@@H](C)C1CCC2C3CCC(=O)[C@](C)(CCC(=O)O)C3CC[C@@]21C. The van der Waals surface area contributed by atoms with Crippen molar-refractivity contribution in [2.45, 2.75) is 105 Å². The van der Waals surface area contributed by atoms with Crippen LogP contribution < -0.4 is 0 Å². The number of fused-ring (bicyclic) bond motifs is 3. The summed E-state index contributed by atoms with van der Waals surface area (Å²) in [4.78, 5) is 24.1. The quantitative estimate of drug-likeness (QED) is 0.487. The Morgan fingerprint density at radius 1 is 1.07 bits per heavy atom. The van der Waals surface area contributed by atoms with Gasteiger partial charge in [0, 0.05) is 18.3 Å². The molecule has 7 atom stereocenters. The number of carboxylic acids is 1. The maximum absolute atomic E-state index is 12.9. The molecule has 0 aromatic carbocycles. The molecule has 3 nitrogen and oxygen atoms in total. The lowest BCUT2D eigenvalue weighted by molar-refractivity contribution is -0.148. The summed E-state index contributed by atoms with van der Waals surface area (Å²) in [6, 6.07) is 0. The molecule has 29 heavy (non-hydrogen) atoms. The van der Waals surface area contributed by atoms with Crippen LogP contribution in [0.2, 0.25) is 0 Å². The van der Waals surface area contributed by atoms with Crippen molar-refractivity contribution in [3.05, 3.63) is 0 Å². The molecule has 4 unspecified atom stereocenters. The number of ketones is 1. The fraction of sp³-hybridized carbons (Fsp3) is 0.923. The summed E-state index contributed by atoms with van der Waals surface area (Å²) in [7, 11) is 0. The minimum absolute atomic E-state index is 0.128. The number of hydrogen-bond donors (Lipinski definition) is 1. The second-order valence-corrected chi connectivity index (χ2v) is 11.7. The van der Waals surface area contributed by atoms with E-state index in [9.17, 15) is 14.7 Å². The van der Waals surface area contributed by atoms with Crippen molar-refractivity contribution in [1.29, 1.82) is 0 Å². The van der Waals surface area contributed by atoms with Gasteiger partial charge in [-0.2, -0.15) is 0 Å². The van der Waals surface area contributed by atoms with Gasteiger partial charge < -0.3 is 5.11 Å². The number of hydrogen-bond acceptors (Lipinski definition) is 2. The molecular weight excluding hydrogens is 360 g/mol. The highest BCUT2D eigenvalue weighted by molar-refractivity contribution is 5.86. The van der Waals surface area contributed by atoms with Gasteiger partial charge in [-0.15, -0.1) is 0 Å². The number of rotatable bonds is 8. The van der Waals surface area contributed by atoms with E-state index in [-0.39, 0.29) is 6.42 Å². The Labute approximate surface area is 178 Å². The highest BCUT2D eigenvalue weighted by Crippen LogP contribution is 2.65. The Bertz CT molecular complexity index is 611. The van der Waals surface area contributed by atoms with Crippen molar-refractivity contribution in [3.8, 4) is 0 Å². The number of carboxylic acid groups (broad SMARTS) is 1. The lowest BCUT2D eigenvalue weighted by Crippen LogP contribution is -2.52. The third-order valence-electron chi connectivity index (χ3n) is 9.66. The van der Waals surface area contributed by atoms with Crippen molar-refractivity contribution in [2.24, 2.45) is 46.3 Å². The number of Topliss-reactive ketones (excluding diaryl/α,β-unsaturated/α-hetero) is 1. The smallest absolute Gasteiger partial charge is 0.303 e. The molecule has 3 fully saturated rings. The van der Waals surface area contributed by atoms with Crippen LogP contribution in [0, 0.1) is 46.3 Å². The van der Waals surface area contributed by atoms with Crippen molar-refractivity contribution in [3.63, 3.8) is 0 Å². The molecule has 0 aromatic heterocycles. The zero-order valence-corrected chi connectivity index (χ0v) is 19.5. The number of aliphatic carboxylic acids is 1. The van der Waals surface area contributed by atoms with E-state index >= 15 is 0 Å². The van der Waals surface area contributed by atoms with Crippen LogP contribution in [0.4, 0.5) is 0 Å². The van der Waals surface area contributed by atoms with Gasteiger partial charge in [-0.3, -0.25) is 9.59 Å². The van der Waals surface area contributed by atoms with E-state index in [1.165, 1.54) is 38.5 Å². The first-order chi connectivity index (χ1) is 13.6. The first-order valence-electron chi connectivity index (χ1n) is 12.3. The molecule has 0 amide bonds. The molecular formula is C26H44O3. The first kappa shape index (κ1) is 22.8. The average Bonchev–Trinajstić information content (AvgIpc) is 3.00. The van der Waals surface area contributed by atoms with Crippen molar-refractivity contribution in [1.82, 2.24) is 0 Å². The van der Waals surface area contributed by atoms with Crippen LogP contribution in [0.1, 0.15) is 105 Å². The van der Waals surface area contributed by atoms with Gasteiger partial charge in [-0.25, -0.2) is 0 Å². The third-order valence-corrected chi connectivity index (χ3v) is 9.66. The van der Waals surface area contributed by atoms with Gasteiger partial charge in [0.15, 0.2) is 0 Å². The predicted molar refractivity (Wildman–Crippen MR) is 118 cm³/mol. The van der Waals surface area contributed by atoms with Gasteiger partial charge in [-0.05, 0) is 79.4 Å². The molecule has 0 spiro atoms. The topological polar surface area (TPSA) is 54.4 Å². The van der Waals surface area contributed by atoms with Gasteiger partial charge in [-0.1, -0.05) is 53.9 Å². The Balaban J connectivity index is 1.73. The summed E-state index contributed by atoms with van der Waals surface area (Å²) in [5.41, 5.74) is 0.0100. The zero-order chi connectivity index (χ0) is 21.4. The van der Waals surface area contributed by atoms with Crippen molar-refractivity contribution < 1.29 is 14.7 Å². The minimum Gasteiger partial charge on any atom is -0.481 e. The summed E-state index contributed by atoms with van der Waals surface area (Å²) >= 11 is 0. The molecule has 0 radical (unpaired) electrons. The molecule has 0 bridgehead atoms. The van der Waals surface area contributed by atoms with E-state index in [1.54, 1.807) is 0 Å². The Morgan fingerprint density at radius 3 is 2.45 bits per heavy atom. The van der Waals surface area contributed by atoms with Gasteiger partial charge in [0.25, 0.3) is 0 Å². The van der Waals surface area contributed by atoms with Gasteiger partial charge >= 0.3 is 5.97 Å². The molecule has 3 heteroatoms. The molecule has 0 saturated heterocycles. The monoisotopic (exact) mass is 404 g/mol. The molecule has 3 saturated carbocycles. The summed E-state index contributed by atoms with van der Waals surface area (Å²) in [5, 5.41) is 9.22. The van der Waals surface area contributed by atoms with Crippen LogP contribution in [-0.2, 0) is 9.59 Å². The Kier molecular flexibility index (Phi) is 6.85. The summed E-state index contributed by atoms with van der Waals surface area (Å²) in [6.45, 7) is 11.8. The molecule has 3 aliphatic carbocycles. The third kappa shape index (κ3) is 4.30. The first-order valence-corrected chi connectivity index (χ1v) is 12.3. The van der Waals surface area contributed by atoms with E-state index in [2.05, 4.69) is 34.6 Å². The average molecular weight is 405 g/mol. The van der Waals surface area contributed by atoms with Crippen LogP contribution in [0.25, 0.3) is 0 Å². The van der Waals surface area contributed by atoms with E-state index in [1.807, 2.05) is 0 Å². The minimum atomic E-state index is -0.766. The van der Waals surface area contributed by atoms with Crippen LogP contribution in [0.5, 0.6) is 0 Å². The zero-order valence-electron chi connectivity index (χ0n) is 19.5. The summed E-state index contributed by atoms with van der Waals surface area (Å²) < 4.78 is 0. The normalized spacial score (nSPS) is 40.6. The summed E-state index contributed by atoms with van der Waals surface area (Å²) in [6.07, 6.45) is 11.4. The van der Waals surface area contributed by atoms with E-state index in [4.69, 9.17) is 0 Å². The van der Waals surface area contributed by atoms with Crippen molar-refractivity contribution >= 4 is 11.8 Å². The second kappa shape index (κ2) is 8.71.